The molecule has 0 radical (unpaired) electrons. The van der Waals surface area contributed by atoms with Crippen molar-refractivity contribution in [1.82, 2.24) is 14.5 Å². The summed E-state index contributed by atoms with van der Waals surface area (Å²) in [4.78, 5) is 18.2. The van der Waals surface area contributed by atoms with E-state index in [0.29, 0.717) is 6.54 Å². The summed E-state index contributed by atoms with van der Waals surface area (Å²) >= 11 is 0. The number of pyridine rings is 1. The van der Waals surface area contributed by atoms with Gasteiger partial charge < -0.3 is 9.47 Å². The first-order valence-corrected chi connectivity index (χ1v) is 9.50. The fourth-order valence-electron chi connectivity index (χ4n) is 3.65. The van der Waals surface area contributed by atoms with Crippen molar-refractivity contribution in [1.29, 1.82) is 0 Å². The van der Waals surface area contributed by atoms with Crippen molar-refractivity contribution >= 4 is 33.8 Å². The topological polar surface area (TPSA) is 38.1 Å². The van der Waals surface area contributed by atoms with E-state index in [9.17, 15) is 4.79 Å². The zero-order valence-corrected chi connectivity index (χ0v) is 16.2. The van der Waals surface area contributed by atoms with Gasteiger partial charge in [-0.15, -0.1) is 0 Å². The molecule has 0 fully saturated rings. The summed E-state index contributed by atoms with van der Waals surface area (Å²) < 4.78 is 2.32. The Hall–Kier alpha value is -3.40. The summed E-state index contributed by atoms with van der Waals surface area (Å²) in [5.41, 5.74) is 4.50. The fourth-order valence-corrected chi connectivity index (χ4v) is 3.65. The van der Waals surface area contributed by atoms with Gasteiger partial charge in [-0.2, -0.15) is 0 Å². The molecule has 0 bridgehead atoms. The van der Waals surface area contributed by atoms with Crippen molar-refractivity contribution in [3.63, 3.8) is 0 Å². The van der Waals surface area contributed by atoms with Crippen molar-refractivity contribution in [2.24, 2.45) is 0 Å². The second-order valence-corrected chi connectivity index (χ2v) is 6.93. The standard InChI is InChI=1S/C24H23N3O/c1-3-27-22-9-5-4-8-20(22)21-15-18(10-12-23(21)27)11-13-24(28)26(2)17-19-7-6-14-25-16-19/h4-16H,3,17H2,1-2H3/b13-11+. The number of nitrogens with zero attached hydrogens (tertiary/aromatic N) is 3. The van der Waals surface area contributed by atoms with Crippen LogP contribution in [0.4, 0.5) is 0 Å². The number of fused-ring (bicyclic) bond motifs is 3. The molecule has 4 nitrogen and oxygen atoms in total. The van der Waals surface area contributed by atoms with Crippen LogP contribution in [0.5, 0.6) is 0 Å². The molecule has 0 spiro atoms. The van der Waals surface area contributed by atoms with Crippen LogP contribution in [0.1, 0.15) is 18.1 Å². The normalized spacial score (nSPS) is 11.5. The lowest BCUT2D eigenvalue weighted by Gasteiger charge is -2.14. The minimum absolute atomic E-state index is 0.0278. The average molecular weight is 369 g/mol. The van der Waals surface area contributed by atoms with Gasteiger partial charge in [0.1, 0.15) is 0 Å². The number of benzene rings is 2. The summed E-state index contributed by atoms with van der Waals surface area (Å²) in [6.07, 6.45) is 7.04. The molecule has 4 rings (SSSR count). The first-order chi connectivity index (χ1) is 13.7. The molecule has 0 saturated carbocycles. The highest BCUT2D eigenvalue weighted by molar-refractivity contribution is 6.08. The molecular formula is C24H23N3O. The van der Waals surface area contributed by atoms with Crippen molar-refractivity contribution < 1.29 is 4.79 Å². The van der Waals surface area contributed by atoms with Crippen LogP contribution in [-0.2, 0) is 17.9 Å². The predicted octanol–water partition coefficient (Wildman–Crippen LogP) is 4.88. The van der Waals surface area contributed by atoms with Crippen LogP contribution in [0.2, 0.25) is 0 Å². The van der Waals surface area contributed by atoms with E-state index < -0.39 is 0 Å². The molecule has 1 amide bonds. The number of carbonyl (C=O) groups is 1. The van der Waals surface area contributed by atoms with Gasteiger partial charge in [0.25, 0.3) is 0 Å². The zero-order chi connectivity index (χ0) is 19.5. The van der Waals surface area contributed by atoms with Crippen LogP contribution in [0.15, 0.2) is 73.1 Å². The van der Waals surface area contributed by atoms with Crippen LogP contribution in [0, 0.1) is 0 Å². The zero-order valence-electron chi connectivity index (χ0n) is 16.2. The number of likely N-dealkylation sites (N-methyl/N-ethyl adjacent to an activating group) is 1. The molecule has 0 aliphatic carbocycles. The van der Waals surface area contributed by atoms with Crippen molar-refractivity contribution in [3.05, 3.63) is 84.2 Å². The molecule has 0 N–H and O–H groups in total. The lowest BCUT2D eigenvalue weighted by Crippen LogP contribution is -2.24. The van der Waals surface area contributed by atoms with Crippen LogP contribution in [0.25, 0.3) is 27.9 Å². The van der Waals surface area contributed by atoms with Crippen LogP contribution in [-0.4, -0.2) is 27.4 Å². The Morgan fingerprint density at radius 3 is 2.68 bits per heavy atom. The van der Waals surface area contributed by atoms with E-state index in [1.165, 1.54) is 21.8 Å². The molecular weight excluding hydrogens is 346 g/mol. The number of hydrogen-bond acceptors (Lipinski definition) is 2. The maximum Gasteiger partial charge on any atom is 0.246 e. The predicted molar refractivity (Wildman–Crippen MR) is 115 cm³/mol. The number of hydrogen-bond donors (Lipinski definition) is 0. The smallest absolute Gasteiger partial charge is 0.246 e. The molecule has 0 aliphatic heterocycles. The van der Waals surface area contributed by atoms with Crippen LogP contribution >= 0.6 is 0 Å². The van der Waals surface area contributed by atoms with E-state index in [2.05, 4.69) is 58.9 Å². The largest absolute Gasteiger partial charge is 0.341 e. The lowest BCUT2D eigenvalue weighted by atomic mass is 10.1. The van der Waals surface area contributed by atoms with Crippen LogP contribution in [0.3, 0.4) is 0 Å². The number of aromatic nitrogens is 2. The third kappa shape index (κ3) is 3.41. The second-order valence-electron chi connectivity index (χ2n) is 6.93. The summed E-state index contributed by atoms with van der Waals surface area (Å²) in [6, 6.07) is 18.7. The first kappa shape index (κ1) is 18.0. The molecule has 28 heavy (non-hydrogen) atoms. The maximum absolute atomic E-state index is 12.5. The van der Waals surface area contributed by atoms with Crippen molar-refractivity contribution in [3.8, 4) is 0 Å². The van der Waals surface area contributed by atoms with Gasteiger partial charge in [-0.3, -0.25) is 9.78 Å². The highest BCUT2D eigenvalue weighted by Crippen LogP contribution is 2.29. The van der Waals surface area contributed by atoms with E-state index in [0.717, 1.165) is 17.7 Å². The minimum atomic E-state index is -0.0278. The Kier molecular flexibility index (Phi) is 4.94. The van der Waals surface area contributed by atoms with Gasteiger partial charge in [0.05, 0.1) is 0 Å². The van der Waals surface area contributed by atoms with E-state index in [1.54, 1.807) is 30.4 Å². The third-order valence-electron chi connectivity index (χ3n) is 5.05. The Morgan fingerprint density at radius 2 is 1.89 bits per heavy atom. The minimum Gasteiger partial charge on any atom is -0.341 e. The molecule has 4 aromatic rings. The average Bonchev–Trinajstić information content (AvgIpc) is 3.05. The molecule has 2 aromatic carbocycles. The Labute approximate surface area is 164 Å². The van der Waals surface area contributed by atoms with Gasteiger partial charge in [-0.25, -0.2) is 0 Å². The van der Waals surface area contributed by atoms with Gasteiger partial charge in [-0.05, 0) is 48.4 Å². The fraction of sp³-hybridized carbons (Fsp3) is 0.167. The van der Waals surface area contributed by atoms with E-state index in [-0.39, 0.29) is 5.91 Å². The molecule has 0 unspecified atom stereocenters. The highest BCUT2D eigenvalue weighted by atomic mass is 16.2. The summed E-state index contributed by atoms with van der Waals surface area (Å²) in [6.45, 7) is 3.63. The first-order valence-electron chi connectivity index (χ1n) is 9.50. The molecule has 4 heteroatoms. The number of aryl methyl sites for hydroxylation is 1. The Morgan fingerprint density at radius 1 is 1.07 bits per heavy atom. The van der Waals surface area contributed by atoms with Gasteiger partial charge in [0.15, 0.2) is 0 Å². The molecule has 2 aromatic heterocycles. The molecule has 140 valence electrons. The van der Waals surface area contributed by atoms with E-state index >= 15 is 0 Å². The highest BCUT2D eigenvalue weighted by Gasteiger charge is 2.10. The number of amides is 1. The monoisotopic (exact) mass is 369 g/mol. The number of rotatable bonds is 5. The summed E-state index contributed by atoms with van der Waals surface area (Å²) in [5, 5.41) is 2.46. The van der Waals surface area contributed by atoms with Gasteiger partial charge in [-0.1, -0.05) is 30.3 Å². The molecule has 0 atom stereocenters. The van der Waals surface area contributed by atoms with Gasteiger partial charge in [0.2, 0.25) is 5.91 Å². The van der Waals surface area contributed by atoms with E-state index in [1.807, 2.05) is 18.2 Å². The summed E-state index contributed by atoms with van der Waals surface area (Å²) in [7, 11) is 1.80. The quantitative estimate of drug-likeness (QED) is 0.470. The van der Waals surface area contributed by atoms with Crippen LogP contribution < -0.4 is 0 Å². The van der Waals surface area contributed by atoms with Crippen molar-refractivity contribution in [2.75, 3.05) is 7.05 Å². The lowest BCUT2D eigenvalue weighted by molar-refractivity contribution is -0.125. The number of carbonyl (C=O) groups excluding carboxylic acids is 1. The number of para-hydroxylation sites is 1. The Balaban J connectivity index is 1.59. The second kappa shape index (κ2) is 7.69. The molecule has 0 saturated heterocycles. The maximum atomic E-state index is 12.5. The summed E-state index contributed by atoms with van der Waals surface area (Å²) in [5.74, 6) is -0.0278. The third-order valence-corrected chi connectivity index (χ3v) is 5.05. The van der Waals surface area contributed by atoms with E-state index in [4.69, 9.17) is 0 Å². The molecule has 0 aliphatic rings. The Bertz CT molecular complexity index is 1160. The SMILES string of the molecule is CCn1c2ccccc2c2cc(/C=C/C(=O)N(C)Cc3cccnc3)ccc21. The van der Waals surface area contributed by atoms with Gasteiger partial charge in [0, 0.05) is 60.4 Å². The van der Waals surface area contributed by atoms with Gasteiger partial charge >= 0.3 is 0 Å². The van der Waals surface area contributed by atoms with Crippen molar-refractivity contribution in [2.45, 2.75) is 20.0 Å². The molecule has 2 heterocycles.